The summed E-state index contributed by atoms with van der Waals surface area (Å²) >= 11 is 0. The highest BCUT2D eigenvalue weighted by atomic mass is 32.2. The zero-order valence-corrected chi connectivity index (χ0v) is 13.5. The summed E-state index contributed by atoms with van der Waals surface area (Å²) in [5.41, 5.74) is 2.12. The van der Waals surface area contributed by atoms with Crippen LogP contribution in [0.15, 0.2) is 6.20 Å². The fourth-order valence-electron chi connectivity index (χ4n) is 2.92. The lowest BCUT2D eigenvalue weighted by Crippen LogP contribution is -2.40. The summed E-state index contributed by atoms with van der Waals surface area (Å²) in [4.78, 5) is 0. The molecule has 0 amide bonds. The van der Waals surface area contributed by atoms with Gasteiger partial charge in [0.15, 0.2) is 0 Å². The molecule has 2 heterocycles. The molecule has 0 bridgehead atoms. The number of rotatable bonds is 6. The summed E-state index contributed by atoms with van der Waals surface area (Å²) in [6.45, 7) is 3.97. The molecule has 1 aromatic heterocycles. The van der Waals surface area contributed by atoms with Crippen molar-refractivity contribution in [3.63, 3.8) is 0 Å². The largest absolute Gasteiger partial charge is 0.380 e. The first-order valence-electron chi connectivity index (χ1n) is 7.57. The van der Waals surface area contributed by atoms with Crippen molar-refractivity contribution >= 4 is 10.0 Å². The smallest absolute Gasteiger partial charge is 0.214 e. The quantitative estimate of drug-likeness (QED) is 0.789. The van der Waals surface area contributed by atoms with Crippen LogP contribution in [0.2, 0.25) is 0 Å². The second kappa shape index (κ2) is 5.70. The van der Waals surface area contributed by atoms with Crippen molar-refractivity contribution in [2.45, 2.75) is 32.2 Å². The molecule has 1 aromatic rings. The van der Waals surface area contributed by atoms with E-state index in [0.717, 1.165) is 23.8 Å². The van der Waals surface area contributed by atoms with E-state index in [2.05, 4.69) is 5.10 Å². The number of aryl methyl sites for hydroxylation is 1. The normalized spacial score (nSPS) is 23.2. The van der Waals surface area contributed by atoms with Crippen molar-refractivity contribution in [2.24, 2.45) is 13.0 Å². The number of fused-ring (bicyclic) bond motifs is 1. The Bertz CT molecular complexity index is 607. The van der Waals surface area contributed by atoms with E-state index in [1.165, 1.54) is 12.8 Å². The molecule has 1 aliphatic carbocycles. The lowest BCUT2D eigenvalue weighted by Gasteiger charge is -2.32. The summed E-state index contributed by atoms with van der Waals surface area (Å²) in [5, 5.41) is 4.29. The van der Waals surface area contributed by atoms with Gasteiger partial charge in [-0.25, -0.2) is 8.42 Å². The van der Waals surface area contributed by atoms with Crippen LogP contribution in [0.25, 0.3) is 0 Å². The van der Waals surface area contributed by atoms with Gasteiger partial charge in [-0.05, 0) is 25.7 Å². The zero-order valence-electron chi connectivity index (χ0n) is 12.7. The van der Waals surface area contributed by atoms with Crippen LogP contribution in [0.5, 0.6) is 0 Å². The molecule has 0 N–H and O–H groups in total. The molecule has 118 valence electrons. The summed E-state index contributed by atoms with van der Waals surface area (Å²) in [6.07, 6.45) is 4.30. The Morgan fingerprint density at radius 2 is 2.14 bits per heavy atom. The van der Waals surface area contributed by atoms with Gasteiger partial charge >= 0.3 is 0 Å². The average Bonchev–Trinajstić information content (AvgIpc) is 3.21. The molecule has 2 aliphatic rings. The van der Waals surface area contributed by atoms with Crippen LogP contribution >= 0.6 is 0 Å². The molecule has 21 heavy (non-hydrogen) atoms. The lowest BCUT2D eigenvalue weighted by atomic mass is 9.99. The van der Waals surface area contributed by atoms with Gasteiger partial charge in [-0.2, -0.15) is 9.40 Å². The van der Waals surface area contributed by atoms with E-state index in [0.29, 0.717) is 19.7 Å². The highest BCUT2D eigenvalue weighted by molar-refractivity contribution is 7.89. The van der Waals surface area contributed by atoms with E-state index in [1.54, 1.807) is 17.4 Å². The maximum absolute atomic E-state index is 12.2. The van der Waals surface area contributed by atoms with Crippen LogP contribution in [-0.2, 0) is 28.4 Å². The minimum atomic E-state index is -3.18. The standard InChI is InChI=1S/C14H23N3O3S/c1-3-21(18,19)17-7-12-6-15-16(2)14(12)13(8-17)10-20-9-11-4-5-11/h6,11,13H,3-5,7-10H2,1-2H3. The fraction of sp³-hybridized carbons (Fsp3) is 0.786. The first-order chi connectivity index (χ1) is 10.0. The Kier molecular flexibility index (Phi) is 4.07. The average molecular weight is 313 g/mol. The monoisotopic (exact) mass is 313 g/mol. The summed E-state index contributed by atoms with van der Waals surface area (Å²) in [5.74, 6) is 0.925. The molecule has 6 nitrogen and oxygen atoms in total. The number of nitrogens with zero attached hydrogens (tertiary/aromatic N) is 3. The van der Waals surface area contributed by atoms with E-state index in [4.69, 9.17) is 4.74 Å². The number of aromatic nitrogens is 2. The van der Waals surface area contributed by atoms with Crippen molar-refractivity contribution in [3.05, 3.63) is 17.5 Å². The molecule has 1 saturated carbocycles. The van der Waals surface area contributed by atoms with E-state index in [9.17, 15) is 8.42 Å². The predicted molar refractivity (Wildman–Crippen MR) is 79.4 cm³/mol. The Morgan fingerprint density at radius 1 is 1.38 bits per heavy atom. The summed E-state index contributed by atoms with van der Waals surface area (Å²) in [7, 11) is -1.26. The van der Waals surface area contributed by atoms with Gasteiger partial charge in [0.25, 0.3) is 0 Å². The number of hydrogen-bond donors (Lipinski definition) is 0. The van der Waals surface area contributed by atoms with Gasteiger partial charge in [0.05, 0.1) is 18.6 Å². The van der Waals surface area contributed by atoms with Gasteiger partial charge in [-0.1, -0.05) is 0 Å². The maximum Gasteiger partial charge on any atom is 0.214 e. The second-order valence-electron chi connectivity index (χ2n) is 6.05. The van der Waals surface area contributed by atoms with Gasteiger partial charge in [0.2, 0.25) is 10.0 Å². The lowest BCUT2D eigenvalue weighted by molar-refractivity contribution is 0.0998. The van der Waals surface area contributed by atoms with Crippen LogP contribution in [0.4, 0.5) is 0 Å². The first kappa shape index (κ1) is 15.0. The number of ether oxygens (including phenoxy) is 1. The SMILES string of the molecule is CCS(=O)(=O)N1Cc2cnn(C)c2C(COCC2CC2)C1. The molecular weight excluding hydrogens is 290 g/mol. The Morgan fingerprint density at radius 3 is 2.81 bits per heavy atom. The van der Waals surface area contributed by atoms with Crippen LogP contribution in [0, 0.1) is 5.92 Å². The molecule has 1 fully saturated rings. The molecule has 0 aromatic carbocycles. The maximum atomic E-state index is 12.2. The summed E-state index contributed by atoms with van der Waals surface area (Å²) in [6, 6.07) is 0. The molecule has 0 saturated heterocycles. The fourth-order valence-corrected chi connectivity index (χ4v) is 4.02. The van der Waals surface area contributed by atoms with Crippen molar-refractivity contribution in [2.75, 3.05) is 25.5 Å². The first-order valence-corrected chi connectivity index (χ1v) is 9.18. The van der Waals surface area contributed by atoms with E-state index in [-0.39, 0.29) is 11.7 Å². The third-order valence-corrected chi connectivity index (χ3v) is 6.14. The predicted octanol–water partition coefficient (Wildman–Crippen LogP) is 1.10. The van der Waals surface area contributed by atoms with Crippen LogP contribution < -0.4 is 0 Å². The van der Waals surface area contributed by atoms with Gasteiger partial charge in [-0.3, -0.25) is 4.68 Å². The van der Waals surface area contributed by atoms with Crippen LogP contribution in [0.1, 0.15) is 36.9 Å². The number of sulfonamides is 1. The topological polar surface area (TPSA) is 64.4 Å². The van der Waals surface area contributed by atoms with Crippen molar-refractivity contribution in [1.29, 1.82) is 0 Å². The third-order valence-electron chi connectivity index (χ3n) is 4.35. The zero-order chi connectivity index (χ0) is 15.0. The van der Waals surface area contributed by atoms with E-state index < -0.39 is 10.0 Å². The van der Waals surface area contributed by atoms with Crippen molar-refractivity contribution < 1.29 is 13.2 Å². The summed E-state index contributed by atoms with van der Waals surface area (Å²) < 4.78 is 33.6. The van der Waals surface area contributed by atoms with Crippen LogP contribution in [0.3, 0.4) is 0 Å². The van der Waals surface area contributed by atoms with Crippen LogP contribution in [-0.4, -0.2) is 48.0 Å². The Hall–Kier alpha value is -0.920. The van der Waals surface area contributed by atoms with E-state index >= 15 is 0 Å². The van der Waals surface area contributed by atoms with Gasteiger partial charge in [0.1, 0.15) is 0 Å². The molecule has 3 rings (SSSR count). The molecule has 1 unspecified atom stereocenters. The number of hydrogen-bond acceptors (Lipinski definition) is 4. The van der Waals surface area contributed by atoms with Gasteiger partial charge in [0, 0.05) is 43.9 Å². The van der Waals surface area contributed by atoms with Gasteiger partial charge in [-0.15, -0.1) is 0 Å². The Labute approximate surface area is 126 Å². The van der Waals surface area contributed by atoms with Gasteiger partial charge < -0.3 is 4.74 Å². The second-order valence-corrected chi connectivity index (χ2v) is 8.31. The molecular formula is C14H23N3O3S. The minimum absolute atomic E-state index is 0.0707. The highest BCUT2D eigenvalue weighted by Crippen LogP contribution is 2.32. The molecule has 7 heteroatoms. The minimum Gasteiger partial charge on any atom is -0.380 e. The van der Waals surface area contributed by atoms with E-state index in [1.807, 2.05) is 11.7 Å². The Balaban J connectivity index is 1.77. The molecule has 1 atom stereocenters. The highest BCUT2D eigenvalue weighted by Gasteiger charge is 2.34. The molecule has 0 radical (unpaired) electrons. The van der Waals surface area contributed by atoms with Crippen molar-refractivity contribution in [1.82, 2.24) is 14.1 Å². The third kappa shape index (κ3) is 3.14. The molecule has 1 aliphatic heterocycles. The molecule has 0 spiro atoms. The van der Waals surface area contributed by atoms with Crippen molar-refractivity contribution in [3.8, 4) is 0 Å².